The predicted octanol–water partition coefficient (Wildman–Crippen LogP) is 2.03. The summed E-state index contributed by atoms with van der Waals surface area (Å²) in [5.74, 6) is -0.485. The van der Waals surface area contributed by atoms with E-state index in [4.69, 9.17) is 0 Å². The van der Waals surface area contributed by atoms with Crippen LogP contribution in [-0.2, 0) is 14.1 Å². The minimum Gasteiger partial charge on any atom is -0.859 e. The molecule has 1 aromatic heterocycles. The Bertz CT molecular complexity index is 1250. The first kappa shape index (κ1) is 17.9. The molecule has 3 heterocycles. The molecule has 5 rings (SSSR count). The summed E-state index contributed by atoms with van der Waals surface area (Å²) in [5, 5.41) is 13.3. The van der Waals surface area contributed by atoms with Gasteiger partial charge in [-0.25, -0.2) is 4.79 Å². The van der Waals surface area contributed by atoms with Crippen LogP contribution in [0.1, 0.15) is 30.0 Å². The maximum absolute atomic E-state index is 13.3. The summed E-state index contributed by atoms with van der Waals surface area (Å²) >= 11 is 0. The lowest BCUT2D eigenvalue weighted by Crippen LogP contribution is -2.55. The highest BCUT2D eigenvalue weighted by molar-refractivity contribution is 5.84. The Morgan fingerprint density at radius 1 is 0.897 bits per heavy atom. The molecule has 0 amide bonds. The molecule has 0 aliphatic carbocycles. The van der Waals surface area contributed by atoms with Crippen LogP contribution in [0, 0.1) is 0 Å². The molecule has 2 aliphatic heterocycles. The van der Waals surface area contributed by atoms with E-state index in [9.17, 15) is 14.7 Å². The molecule has 1 atom stereocenters. The van der Waals surface area contributed by atoms with Crippen LogP contribution < -0.4 is 20.8 Å². The number of hydrogen-bond donors (Lipinski definition) is 0. The van der Waals surface area contributed by atoms with Crippen LogP contribution in [0.25, 0.3) is 11.1 Å². The van der Waals surface area contributed by atoms with E-state index in [1.807, 2.05) is 30.3 Å². The third-order valence-electron chi connectivity index (χ3n) is 6.71. The zero-order chi connectivity index (χ0) is 20.3. The maximum atomic E-state index is 13.3. The molecular formula is C23H23N3O3. The summed E-state index contributed by atoms with van der Waals surface area (Å²) in [7, 11) is 2.90. The van der Waals surface area contributed by atoms with Gasteiger partial charge in [0.1, 0.15) is 5.69 Å². The van der Waals surface area contributed by atoms with Gasteiger partial charge in [0.15, 0.2) is 6.04 Å². The summed E-state index contributed by atoms with van der Waals surface area (Å²) in [6, 6.07) is 15.9. The normalized spacial score (nSPS) is 19.2. The van der Waals surface area contributed by atoms with Crippen molar-refractivity contribution in [3.63, 3.8) is 0 Å². The van der Waals surface area contributed by atoms with Crippen molar-refractivity contribution in [1.82, 2.24) is 13.6 Å². The van der Waals surface area contributed by atoms with Gasteiger partial charge >= 0.3 is 5.69 Å². The van der Waals surface area contributed by atoms with Gasteiger partial charge in [-0.1, -0.05) is 36.4 Å². The molecule has 1 saturated heterocycles. The number of benzene rings is 2. The fourth-order valence-corrected chi connectivity index (χ4v) is 5.36. The first-order chi connectivity index (χ1) is 14.0. The van der Waals surface area contributed by atoms with E-state index < -0.39 is 23.2 Å². The molecule has 2 aliphatic rings. The van der Waals surface area contributed by atoms with Gasteiger partial charge in [-0.2, -0.15) is 0 Å². The van der Waals surface area contributed by atoms with Crippen LogP contribution in [0.2, 0.25) is 0 Å². The number of rotatable bonds is 1. The molecule has 29 heavy (non-hydrogen) atoms. The van der Waals surface area contributed by atoms with Gasteiger partial charge in [0.25, 0.3) is 5.56 Å². The van der Waals surface area contributed by atoms with Crippen molar-refractivity contribution in [1.29, 1.82) is 0 Å². The lowest BCUT2D eigenvalue weighted by Gasteiger charge is -2.46. The number of nitrogens with zero attached hydrogens (tertiary/aromatic N) is 3. The summed E-state index contributed by atoms with van der Waals surface area (Å²) < 4.78 is 2.69. The molecule has 1 unspecified atom stereocenters. The van der Waals surface area contributed by atoms with Gasteiger partial charge in [0.05, 0.1) is 18.7 Å². The fraction of sp³-hybridized carbons (Fsp3) is 0.304. The Balaban J connectivity index is 1.93. The van der Waals surface area contributed by atoms with Crippen molar-refractivity contribution in [2.24, 2.45) is 14.1 Å². The van der Waals surface area contributed by atoms with Crippen molar-refractivity contribution < 1.29 is 5.11 Å². The Morgan fingerprint density at radius 2 is 1.52 bits per heavy atom. The van der Waals surface area contributed by atoms with Gasteiger partial charge in [0, 0.05) is 38.1 Å². The molecular weight excluding hydrogens is 366 g/mol. The maximum Gasteiger partial charge on any atom is 0.329 e. The van der Waals surface area contributed by atoms with Gasteiger partial charge in [-0.3, -0.25) is 13.8 Å². The Labute approximate surface area is 168 Å². The molecule has 0 radical (unpaired) electrons. The lowest BCUT2D eigenvalue weighted by molar-refractivity contribution is -0.281. The van der Waals surface area contributed by atoms with E-state index in [0.29, 0.717) is 4.48 Å². The minimum absolute atomic E-state index is 0.193. The average Bonchev–Trinajstić information content (AvgIpc) is 3.23. The quantitative estimate of drug-likeness (QED) is 0.598. The number of quaternary nitrogens is 1. The van der Waals surface area contributed by atoms with Gasteiger partial charge in [-0.05, 0) is 23.6 Å². The zero-order valence-electron chi connectivity index (χ0n) is 16.6. The molecule has 2 aromatic carbocycles. The second-order valence-corrected chi connectivity index (χ2v) is 8.12. The average molecular weight is 389 g/mol. The predicted molar refractivity (Wildman–Crippen MR) is 111 cm³/mol. The van der Waals surface area contributed by atoms with Crippen LogP contribution in [0.15, 0.2) is 58.1 Å². The van der Waals surface area contributed by atoms with E-state index >= 15 is 0 Å². The lowest BCUT2D eigenvalue weighted by atomic mass is 9.83. The monoisotopic (exact) mass is 389 g/mol. The Morgan fingerprint density at radius 3 is 2.24 bits per heavy atom. The van der Waals surface area contributed by atoms with Crippen LogP contribution >= 0.6 is 0 Å². The molecule has 148 valence electrons. The van der Waals surface area contributed by atoms with Crippen molar-refractivity contribution in [3.05, 3.63) is 80.5 Å². The standard InChI is InChI=1S/C23H23N3O3/c1-24-21(27)19(22(28)25(2)23(24)29)20-17-11-4-3-9-15(17)16-10-5-6-12-18(16)26(20)13-7-8-14-26/h3-6,9-12,20H,7-8,13-14H2,1-2H3. The van der Waals surface area contributed by atoms with E-state index in [1.165, 1.54) is 14.1 Å². The molecule has 1 fully saturated rings. The summed E-state index contributed by atoms with van der Waals surface area (Å²) in [6.07, 6.45) is 2.07. The van der Waals surface area contributed by atoms with Gasteiger partial charge < -0.3 is 9.67 Å². The molecule has 0 bridgehead atoms. The number of hydrogen-bond acceptors (Lipinski definition) is 3. The summed E-state index contributed by atoms with van der Waals surface area (Å²) in [4.78, 5) is 25.6. The van der Waals surface area contributed by atoms with Crippen molar-refractivity contribution in [2.45, 2.75) is 18.9 Å². The molecule has 3 aromatic rings. The van der Waals surface area contributed by atoms with Crippen molar-refractivity contribution >= 4 is 5.69 Å². The van der Waals surface area contributed by atoms with Crippen molar-refractivity contribution in [3.8, 4) is 17.0 Å². The molecule has 0 N–H and O–H groups in total. The molecule has 0 saturated carbocycles. The smallest absolute Gasteiger partial charge is 0.329 e. The number of para-hydroxylation sites is 1. The van der Waals surface area contributed by atoms with Gasteiger partial charge in [0.2, 0.25) is 0 Å². The Kier molecular flexibility index (Phi) is 3.83. The number of fused-ring (bicyclic) bond motifs is 4. The number of aromatic nitrogens is 2. The second kappa shape index (κ2) is 6.19. The minimum atomic E-state index is -0.582. The molecule has 6 heteroatoms. The third kappa shape index (κ3) is 2.26. The summed E-state index contributed by atoms with van der Waals surface area (Å²) in [5.41, 5.74) is 3.49. The van der Waals surface area contributed by atoms with E-state index in [1.54, 1.807) is 0 Å². The largest absolute Gasteiger partial charge is 0.859 e. The van der Waals surface area contributed by atoms with Crippen LogP contribution in [0.4, 0.5) is 5.69 Å². The molecule has 6 nitrogen and oxygen atoms in total. The van der Waals surface area contributed by atoms with Crippen LogP contribution in [0.3, 0.4) is 0 Å². The highest BCUT2D eigenvalue weighted by Gasteiger charge is 2.50. The fourth-order valence-electron chi connectivity index (χ4n) is 5.36. The van der Waals surface area contributed by atoms with Crippen LogP contribution in [-0.4, -0.2) is 22.2 Å². The van der Waals surface area contributed by atoms with E-state index in [2.05, 4.69) is 18.2 Å². The first-order valence-electron chi connectivity index (χ1n) is 10.00. The van der Waals surface area contributed by atoms with Crippen molar-refractivity contribution in [2.75, 3.05) is 13.1 Å². The Hall–Kier alpha value is -3.12. The second-order valence-electron chi connectivity index (χ2n) is 8.12. The zero-order valence-corrected chi connectivity index (χ0v) is 16.6. The summed E-state index contributed by atoms with van der Waals surface area (Å²) in [6.45, 7) is 1.73. The van der Waals surface area contributed by atoms with E-state index in [-0.39, 0.29) is 5.56 Å². The third-order valence-corrected chi connectivity index (χ3v) is 6.71. The van der Waals surface area contributed by atoms with E-state index in [0.717, 1.165) is 57.4 Å². The molecule has 1 spiro atoms. The SMILES string of the molecule is Cn1c([O-])c(C2c3ccccc3-c3ccccc3[N+]23CCCC3)c(=O)n(C)c1=O. The topological polar surface area (TPSA) is 67.1 Å². The van der Waals surface area contributed by atoms with Crippen LogP contribution in [0.5, 0.6) is 5.88 Å². The highest BCUT2D eigenvalue weighted by atomic mass is 16.3. The highest BCUT2D eigenvalue weighted by Crippen LogP contribution is 2.53. The van der Waals surface area contributed by atoms with Gasteiger partial charge in [-0.15, -0.1) is 0 Å². The first-order valence-corrected chi connectivity index (χ1v) is 10.00.